The van der Waals surface area contributed by atoms with Gasteiger partial charge in [0.25, 0.3) is 0 Å². The second-order valence-electron chi connectivity index (χ2n) is 4.85. The van der Waals surface area contributed by atoms with Crippen molar-refractivity contribution in [3.63, 3.8) is 0 Å². The van der Waals surface area contributed by atoms with E-state index in [0.29, 0.717) is 0 Å². The maximum Gasteiger partial charge on any atom is 0.0110 e. The Morgan fingerprint density at radius 3 is 1.94 bits per heavy atom. The van der Waals surface area contributed by atoms with E-state index in [4.69, 9.17) is 5.73 Å². The summed E-state index contributed by atoms with van der Waals surface area (Å²) in [6.45, 7) is 16.2. The summed E-state index contributed by atoms with van der Waals surface area (Å²) in [4.78, 5) is 7.64. The summed E-state index contributed by atoms with van der Waals surface area (Å²) < 4.78 is 0. The van der Waals surface area contributed by atoms with Crippen LogP contribution in [0.4, 0.5) is 0 Å². The SMILES string of the molecule is CCN(CC)CCN1CCN(CCCN)CC1. The molecule has 4 heteroatoms. The number of nitrogens with two attached hydrogens (primary N) is 1. The molecule has 1 heterocycles. The van der Waals surface area contributed by atoms with E-state index in [1.54, 1.807) is 0 Å². The molecule has 0 atom stereocenters. The van der Waals surface area contributed by atoms with Gasteiger partial charge in [0, 0.05) is 39.3 Å². The molecular weight excluding hydrogens is 212 g/mol. The highest BCUT2D eigenvalue weighted by molar-refractivity contribution is 4.72. The third kappa shape index (κ3) is 5.82. The Labute approximate surface area is 107 Å². The zero-order valence-corrected chi connectivity index (χ0v) is 11.7. The minimum Gasteiger partial charge on any atom is -0.330 e. The number of hydrogen-bond acceptors (Lipinski definition) is 4. The molecule has 1 rings (SSSR count). The van der Waals surface area contributed by atoms with Crippen molar-refractivity contribution in [2.45, 2.75) is 20.3 Å². The first-order valence-corrected chi connectivity index (χ1v) is 7.17. The fourth-order valence-electron chi connectivity index (χ4n) is 2.37. The van der Waals surface area contributed by atoms with Gasteiger partial charge >= 0.3 is 0 Å². The summed E-state index contributed by atoms with van der Waals surface area (Å²) in [5.74, 6) is 0. The van der Waals surface area contributed by atoms with E-state index in [9.17, 15) is 0 Å². The lowest BCUT2D eigenvalue weighted by molar-refractivity contribution is 0.120. The highest BCUT2D eigenvalue weighted by Gasteiger charge is 2.16. The minimum absolute atomic E-state index is 0.822. The molecule has 0 saturated carbocycles. The van der Waals surface area contributed by atoms with E-state index >= 15 is 0 Å². The van der Waals surface area contributed by atoms with Crippen LogP contribution in [-0.2, 0) is 0 Å². The van der Waals surface area contributed by atoms with Crippen molar-refractivity contribution in [3.05, 3.63) is 0 Å². The van der Waals surface area contributed by atoms with Crippen molar-refractivity contribution in [2.75, 3.05) is 65.4 Å². The van der Waals surface area contributed by atoms with Gasteiger partial charge in [0.2, 0.25) is 0 Å². The van der Waals surface area contributed by atoms with Crippen LogP contribution in [0.1, 0.15) is 20.3 Å². The number of piperazine rings is 1. The summed E-state index contributed by atoms with van der Waals surface area (Å²) >= 11 is 0. The van der Waals surface area contributed by atoms with E-state index in [-0.39, 0.29) is 0 Å². The maximum atomic E-state index is 5.54. The third-order valence-corrected chi connectivity index (χ3v) is 3.77. The van der Waals surface area contributed by atoms with Crippen molar-refractivity contribution in [3.8, 4) is 0 Å². The first-order chi connectivity index (χ1) is 8.30. The summed E-state index contributed by atoms with van der Waals surface area (Å²) in [7, 11) is 0. The molecule has 1 aliphatic heterocycles. The van der Waals surface area contributed by atoms with Gasteiger partial charge in [-0.05, 0) is 32.6 Å². The first kappa shape index (κ1) is 14.9. The number of hydrogen-bond donors (Lipinski definition) is 1. The lowest BCUT2D eigenvalue weighted by Gasteiger charge is -2.35. The molecule has 102 valence electrons. The first-order valence-electron chi connectivity index (χ1n) is 7.17. The molecular formula is C13H30N4. The summed E-state index contributed by atoms with van der Waals surface area (Å²) in [6, 6.07) is 0. The van der Waals surface area contributed by atoms with Crippen LogP contribution in [0.2, 0.25) is 0 Å². The van der Waals surface area contributed by atoms with Gasteiger partial charge in [0.05, 0.1) is 0 Å². The standard InChI is InChI=1S/C13H30N4/c1-3-15(4-2)8-9-17-12-10-16(11-13-17)7-5-6-14/h3-14H2,1-2H3. The van der Waals surface area contributed by atoms with Crippen molar-refractivity contribution in [1.82, 2.24) is 14.7 Å². The second-order valence-corrected chi connectivity index (χ2v) is 4.85. The van der Waals surface area contributed by atoms with Gasteiger partial charge in [-0.2, -0.15) is 0 Å². The zero-order chi connectivity index (χ0) is 12.5. The Hall–Kier alpha value is -0.160. The zero-order valence-electron chi connectivity index (χ0n) is 11.7. The van der Waals surface area contributed by atoms with Crippen LogP contribution in [0.5, 0.6) is 0 Å². The maximum absolute atomic E-state index is 5.54. The fraction of sp³-hybridized carbons (Fsp3) is 1.00. The number of rotatable bonds is 8. The third-order valence-electron chi connectivity index (χ3n) is 3.77. The van der Waals surface area contributed by atoms with Crippen LogP contribution in [-0.4, -0.2) is 80.1 Å². The molecule has 17 heavy (non-hydrogen) atoms. The van der Waals surface area contributed by atoms with Gasteiger partial charge in [-0.25, -0.2) is 0 Å². The molecule has 0 bridgehead atoms. The minimum atomic E-state index is 0.822. The molecule has 0 aliphatic carbocycles. The summed E-state index contributed by atoms with van der Waals surface area (Å²) in [6.07, 6.45) is 1.14. The van der Waals surface area contributed by atoms with Gasteiger partial charge in [-0.3, -0.25) is 4.90 Å². The van der Waals surface area contributed by atoms with Crippen LogP contribution in [0, 0.1) is 0 Å². The van der Waals surface area contributed by atoms with Crippen LogP contribution in [0.3, 0.4) is 0 Å². The molecule has 0 aromatic carbocycles. The Morgan fingerprint density at radius 2 is 1.47 bits per heavy atom. The normalized spacial score (nSPS) is 19.1. The molecule has 2 N–H and O–H groups in total. The molecule has 0 aromatic rings. The fourth-order valence-corrected chi connectivity index (χ4v) is 2.37. The summed E-state index contributed by atoms with van der Waals surface area (Å²) in [5, 5.41) is 0. The number of likely N-dealkylation sites (N-methyl/N-ethyl adjacent to an activating group) is 1. The summed E-state index contributed by atoms with van der Waals surface area (Å²) in [5.41, 5.74) is 5.54. The lowest BCUT2D eigenvalue weighted by Crippen LogP contribution is -2.48. The molecule has 0 unspecified atom stereocenters. The smallest absolute Gasteiger partial charge is 0.0110 e. The Bertz CT molecular complexity index is 174. The Morgan fingerprint density at radius 1 is 0.941 bits per heavy atom. The molecule has 1 fully saturated rings. The van der Waals surface area contributed by atoms with Crippen molar-refractivity contribution >= 4 is 0 Å². The van der Waals surface area contributed by atoms with Gasteiger partial charge in [0.15, 0.2) is 0 Å². The van der Waals surface area contributed by atoms with Gasteiger partial charge in [0.1, 0.15) is 0 Å². The molecule has 1 aliphatic rings. The van der Waals surface area contributed by atoms with Crippen molar-refractivity contribution < 1.29 is 0 Å². The average Bonchev–Trinajstić information content (AvgIpc) is 2.39. The van der Waals surface area contributed by atoms with E-state index in [1.165, 1.54) is 58.9 Å². The monoisotopic (exact) mass is 242 g/mol. The average molecular weight is 242 g/mol. The molecule has 0 aromatic heterocycles. The van der Waals surface area contributed by atoms with Crippen LogP contribution >= 0.6 is 0 Å². The molecule has 0 spiro atoms. The van der Waals surface area contributed by atoms with E-state index < -0.39 is 0 Å². The van der Waals surface area contributed by atoms with Gasteiger partial charge in [-0.15, -0.1) is 0 Å². The quantitative estimate of drug-likeness (QED) is 0.664. The van der Waals surface area contributed by atoms with Crippen LogP contribution in [0.25, 0.3) is 0 Å². The predicted octanol–water partition coefficient (Wildman–Crippen LogP) is 0.295. The largest absolute Gasteiger partial charge is 0.330 e. The second kappa shape index (κ2) is 8.86. The Balaban J connectivity index is 2.10. The molecule has 1 saturated heterocycles. The Kier molecular flexibility index (Phi) is 7.77. The number of nitrogens with zero attached hydrogens (tertiary/aromatic N) is 3. The van der Waals surface area contributed by atoms with E-state index in [1.807, 2.05) is 0 Å². The van der Waals surface area contributed by atoms with E-state index in [0.717, 1.165) is 13.0 Å². The van der Waals surface area contributed by atoms with Crippen molar-refractivity contribution in [2.24, 2.45) is 5.73 Å². The van der Waals surface area contributed by atoms with Crippen LogP contribution < -0.4 is 5.73 Å². The molecule has 4 nitrogen and oxygen atoms in total. The van der Waals surface area contributed by atoms with E-state index in [2.05, 4.69) is 28.5 Å². The molecule has 0 amide bonds. The molecule has 0 radical (unpaired) electrons. The van der Waals surface area contributed by atoms with Gasteiger partial charge in [-0.1, -0.05) is 13.8 Å². The highest BCUT2D eigenvalue weighted by atomic mass is 15.3. The van der Waals surface area contributed by atoms with Crippen LogP contribution in [0.15, 0.2) is 0 Å². The van der Waals surface area contributed by atoms with Gasteiger partial charge < -0.3 is 15.5 Å². The predicted molar refractivity (Wildman–Crippen MR) is 74.3 cm³/mol. The topological polar surface area (TPSA) is 35.7 Å². The highest BCUT2D eigenvalue weighted by Crippen LogP contribution is 2.02. The van der Waals surface area contributed by atoms with Crippen molar-refractivity contribution in [1.29, 1.82) is 0 Å². The lowest BCUT2D eigenvalue weighted by atomic mass is 10.3.